The van der Waals surface area contributed by atoms with Crippen LogP contribution in [0.15, 0.2) is 48.5 Å². The Balaban J connectivity index is 2.30. The summed E-state index contributed by atoms with van der Waals surface area (Å²) in [5, 5.41) is 10.2. The third kappa shape index (κ3) is 1.73. The molecular weight excluding hydrogens is 259 g/mol. The van der Waals surface area contributed by atoms with Gasteiger partial charge in [0.1, 0.15) is 11.6 Å². The van der Waals surface area contributed by atoms with Crippen LogP contribution in [0.1, 0.15) is 21.5 Å². The number of hydrogen-bond acceptors (Lipinski definition) is 3. The predicted octanol–water partition coefficient (Wildman–Crippen LogP) is 3.02. The molecule has 0 aliphatic heterocycles. The van der Waals surface area contributed by atoms with Crippen molar-refractivity contribution in [1.82, 2.24) is 0 Å². The molecule has 4 heteroatoms. The summed E-state index contributed by atoms with van der Waals surface area (Å²) >= 11 is 0. The van der Waals surface area contributed by atoms with Crippen LogP contribution in [0.25, 0.3) is 11.3 Å². The van der Waals surface area contributed by atoms with Crippen LogP contribution in [0.3, 0.4) is 0 Å². The first-order chi connectivity index (χ1) is 9.59. The lowest BCUT2D eigenvalue weighted by Crippen LogP contribution is -2.23. The molecular formula is C16H9FO3. The highest BCUT2D eigenvalue weighted by atomic mass is 19.1. The first kappa shape index (κ1) is 12.3. The molecule has 0 fully saturated rings. The smallest absolute Gasteiger partial charge is 0.237 e. The van der Waals surface area contributed by atoms with E-state index in [0.717, 1.165) is 6.07 Å². The molecule has 0 saturated carbocycles. The summed E-state index contributed by atoms with van der Waals surface area (Å²) in [5.74, 6) is -2.36. The van der Waals surface area contributed by atoms with Gasteiger partial charge in [-0.25, -0.2) is 4.39 Å². The molecule has 1 aliphatic carbocycles. The summed E-state index contributed by atoms with van der Waals surface area (Å²) in [6.45, 7) is 0. The van der Waals surface area contributed by atoms with Gasteiger partial charge in [-0.15, -0.1) is 0 Å². The molecule has 3 rings (SSSR count). The van der Waals surface area contributed by atoms with Gasteiger partial charge in [0.05, 0.1) is 5.57 Å². The van der Waals surface area contributed by atoms with Crippen LogP contribution >= 0.6 is 0 Å². The number of Topliss-reactive ketones (excluding diaryl/α,β-unsaturated/α-hetero) is 2. The Bertz CT molecular complexity index is 775. The minimum atomic E-state index is -0.827. The molecule has 0 aromatic heterocycles. The number of benzene rings is 2. The number of aliphatic hydroxyl groups is 1. The Kier molecular flexibility index (Phi) is 2.71. The van der Waals surface area contributed by atoms with Gasteiger partial charge in [0.15, 0.2) is 0 Å². The minimum Gasteiger partial charge on any atom is -0.506 e. The number of ketones is 2. The maximum atomic E-state index is 13.3. The minimum absolute atomic E-state index is 0.159. The second-order valence-corrected chi connectivity index (χ2v) is 4.44. The van der Waals surface area contributed by atoms with Gasteiger partial charge in [-0.05, 0) is 17.7 Å². The van der Waals surface area contributed by atoms with Gasteiger partial charge in [0.2, 0.25) is 11.6 Å². The number of aliphatic hydroxyl groups excluding tert-OH is 1. The highest BCUT2D eigenvalue weighted by molar-refractivity contribution is 6.62. The lowest BCUT2D eigenvalue weighted by molar-refractivity contribution is -0.110. The van der Waals surface area contributed by atoms with E-state index < -0.39 is 17.4 Å². The average Bonchev–Trinajstić information content (AvgIpc) is 2.45. The fourth-order valence-electron chi connectivity index (χ4n) is 2.28. The zero-order chi connectivity index (χ0) is 14.3. The van der Waals surface area contributed by atoms with Crippen LogP contribution in [-0.2, 0) is 4.79 Å². The molecule has 2 aromatic rings. The van der Waals surface area contributed by atoms with E-state index in [9.17, 15) is 19.1 Å². The molecule has 0 unspecified atom stereocenters. The Labute approximate surface area is 114 Å². The van der Waals surface area contributed by atoms with E-state index >= 15 is 0 Å². The standard InChI is InChI=1S/C16H9FO3/c17-10-5-3-4-9(8-10)13-14(18)11-6-1-2-7-12(11)15(19)16(13)20/h1-8,18H. The number of rotatable bonds is 1. The largest absolute Gasteiger partial charge is 0.506 e. The SMILES string of the molecule is O=C1C(=O)c2ccccc2C(O)=C1c1cccc(F)c1. The topological polar surface area (TPSA) is 54.4 Å². The molecule has 0 amide bonds. The van der Waals surface area contributed by atoms with Crippen molar-refractivity contribution in [2.45, 2.75) is 0 Å². The van der Waals surface area contributed by atoms with Gasteiger partial charge < -0.3 is 5.11 Å². The van der Waals surface area contributed by atoms with Gasteiger partial charge in [-0.3, -0.25) is 9.59 Å². The summed E-state index contributed by atoms with van der Waals surface area (Å²) in [4.78, 5) is 24.2. The molecule has 0 saturated heterocycles. The van der Waals surface area contributed by atoms with E-state index in [-0.39, 0.29) is 28.0 Å². The third-order valence-electron chi connectivity index (χ3n) is 3.21. The van der Waals surface area contributed by atoms with E-state index in [4.69, 9.17) is 0 Å². The Morgan fingerprint density at radius 3 is 2.25 bits per heavy atom. The first-order valence-electron chi connectivity index (χ1n) is 5.97. The molecule has 0 spiro atoms. The maximum absolute atomic E-state index is 13.3. The molecule has 0 bridgehead atoms. The highest BCUT2D eigenvalue weighted by Crippen LogP contribution is 2.33. The predicted molar refractivity (Wildman–Crippen MR) is 71.6 cm³/mol. The van der Waals surface area contributed by atoms with E-state index in [0.29, 0.717) is 0 Å². The van der Waals surface area contributed by atoms with Crippen molar-refractivity contribution in [1.29, 1.82) is 0 Å². The van der Waals surface area contributed by atoms with Crippen molar-refractivity contribution in [3.8, 4) is 0 Å². The van der Waals surface area contributed by atoms with Gasteiger partial charge in [0.25, 0.3) is 0 Å². The number of carbonyl (C=O) groups is 2. The third-order valence-corrected chi connectivity index (χ3v) is 3.21. The Morgan fingerprint density at radius 2 is 1.55 bits per heavy atom. The van der Waals surface area contributed by atoms with Crippen LogP contribution < -0.4 is 0 Å². The lowest BCUT2D eigenvalue weighted by Gasteiger charge is -2.17. The highest BCUT2D eigenvalue weighted by Gasteiger charge is 2.33. The molecule has 0 radical (unpaired) electrons. The molecule has 0 heterocycles. The van der Waals surface area contributed by atoms with Crippen molar-refractivity contribution in [3.63, 3.8) is 0 Å². The summed E-state index contributed by atoms with van der Waals surface area (Å²) < 4.78 is 13.3. The monoisotopic (exact) mass is 268 g/mol. The van der Waals surface area contributed by atoms with Gasteiger partial charge in [-0.2, -0.15) is 0 Å². The van der Waals surface area contributed by atoms with Crippen LogP contribution in [0, 0.1) is 5.82 Å². The molecule has 20 heavy (non-hydrogen) atoms. The van der Waals surface area contributed by atoms with Crippen molar-refractivity contribution in [2.24, 2.45) is 0 Å². The van der Waals surface area contributed by atoms with E-state index in [1.165, 1.54) is 24.3 Å². The van der Waals surface area contributed by atoms with E-state index in [2.05, 4.69) is 0 Å². The van der Waals surface area contributed by atoms with Crippen LogP contribution in [0.4, 0.5) is 4.39 Å². The maximum Gasteiger partial charge on any atom is 0.237 e. The van der Waals surface area contributed by atoms with Gasteiger partial charge in [0, 0.05) is 11.1 Å². The zero-order valence-electron chi connectivity index (χ0n) is 10.3. The van der Waals surface area contributed by atoms with E-state index in [1.54, 1.807) is 18.2 Å². The lowest BCUT2D eigenvalue weighted by atomic mass is 9.85. The first-order valence-corrected chi connectivity index (χ1v) is 5.97. The molecule has 0 atom stereocenters. The fraction of sp³-hybridized carbons (Fsp3) is 0. The normalized spacial score (nSPS) is 14.4. The van der Waals surface area contributed by atoms with Crippen molar-refractivity contribution >= 4 is 22.9 Å². The fourth-order valence-corrected chi connectivity index (χ4v) is 2.28. The number of carbonyl (C=O) groups excluding carboxylic acids is 2. The summed E-state index contributed by atoms with van der Waals surface area (Å²) in [6, 6.07) is 11.5. The second-order valence-electron chi connectivity index (χ2n) is 4.44. The van der Waals surface area contributed by atoms with E-state index in [1.807, 2.05) is 0 Å². The summed E-state index contributed by atoms with van der Waals surface area (Å²) in [6.07, 6.45) is 0. The van der Waals surface area contributed by atoms with Crippen molar-refractivity contribution in [3.05, 3.63) is 71.0 Å². The molecule has 1 aliphatic rings. The summed E-state index contributed by atoms with van der Waals surface area (Å²) in [7, 11) is 0. The van der Waals surface area contributed by atoms with Crippen LogP contribution in [0.5, 0.6) is 0 Å². The molecule has 2 aromatic carbocycles. The Morgan fingerprint density at radius 1 is 0.850 bits per heavy atom. The number of allylic oxidation sites excluding steroid dienone is 1. The molecule has 3 nitrogen and oxygen atoms in total. The average molecular weight is 268 g/mol. The van der Waals surface area contributed by atoms with Gasteiger partial charge in [-0.1, -0.05) is 36.4 Å². The molecule has 1 N–H and O–H groups in total. The number of halogens is 1. The zero-order valence-corrected chi connectivity index (χ0v) is 10.3. The van der Waals surface area contributed by atoms with Gasteiger partial charge >= 0.3 is 0 Å². The second kappa shape index (κ2) is 4.42. The number of hydrogen-bond donors (Lipinski definition) is 1. The van der Waals surface area contributed by atoms with Crippen LogP contribution in [-0.4, -0.2) is 16.7 Å². The quantitative estimate of drug-likeness (QED) is 0.809. The van der Waals surface area contributed by atoms with Crippen molar-refractivity contribution in [2.75, 3.05) is 0 Å². The summed E-state index contributed by atoms with van der Waals surface area (Å²) in [5.41, 5.74) is 0.482. The van der Waals surface area contributed by atoms with Crippen molar-refractivity contribution < 1.29 is 19.1 Å². The van der Waals surface area contributed by atoms with Crippen LogP contribution in [0.2, 0.25) is 0 Å². The Hall–Kier alpha value is -2.75. The number of fused-ring (bicyclic) bond motifs is 1. The molecule has 98 valence electrons.